The Bertz CT molecular complexity index is 1310. The Morgan fingerprint density at radius 3 is 2.62 bits per heavy atom. The average molecular weight is 429 g/mol. The van der Waals surface area contributed by atoms with Crippen LogP contribution in [0.4, 0.5) is 15.9 Å². The number of aryl methyl sites for hydroxylation is 2. The van der Waals surface area contributed by atoms with Gasteiger partial charge in [0.15, 0.2) is 0 Å². The zero-order chi connectivity index (χ0) is 22.2. The Kier molecular flexibility index (Phi) is 5.13. The molecule has 0 atom stereocenters. The van der Waals surface area contributed by atoms with Gasteiger partial charge in [0.25, 0.3) is 5.91 Å². The summed E-state index contributed by atoms with van der Waals surface area (Å²) in [5.74, 6) is 0.430. The largest absolute Gasteiger partial charge is 0.356 e. The molecule has 1 aliphatic heterocycles. The second-order valence-electron chi connectivity index (χ2n) is 8.46. The van der Waals surface area contributed by atoms with Crippen LogP contribution >= 0.6 is 0 Å². The van der Waals surface area contributed by atoms with Crippen molar-refractivity contribution in [2.75, 3.05) is 23.3 Å². The molecule has 5 rings (SSSR count). The summed E-state index contributed by atoms with van der Waals surface area (Å²) >= 11 is 0. The highest BCUT2D eigenvalue weighted by Gasteiger charge is 2.19. The summed E-state index contributed by atoms with van der Waals surface area (Å²) in [6.07, 6.45) is 2.88. The number of fused-ring (bicyclic) bond motifs is 1. The summed E-state index contributed by atoms with van der Waals surface area (Å²) in [7, 11) is 0. The molecule has 1 saturated heterocycles. The van der Waals surface area contributed by atoms with Crippen LogP contribution in [0.1, 0.15) is 33.6 Å². The van der Waals surface area contributed by atoms with Crippen LogP contribution in [0.3, 0.4) is 0 Å². The molecule has 0 radical (unpaired) electrons. The first kappa shape index (κ1) is 20.2. The van der Waals surface area contributed by atoms with Crippen LogP contribution < -0.4 is 10.2 Å². The number of benzene rings is 2. The van der Waals surface area contributed by atoms with Crippen molar-refractivity contribution in [2.45, 2.75) is 26.8 Å². The SMILES string of the molecule is Cc1cc(C)c2cc(C(=O)Nc3ccc(N4CCC4)nc3)n(Cc3cccc(F)c3)c2c1. The van der Waals surface area contributed by atoms with Gasteiger partial charge in [0.05, 0.1) is 11.9 Å². The number of nitrogens with zero attached hydrogens (tertiary/aromatic N) is 3. The molecule has 2 aromatic carbocycles. The van der Waals surface area contributed by atoms with Gasteiger partial charge < -0.3 is 14.8 Å². The van der Waals surface area contributed by atoms with E-state index in [0.717, 1.165) is 46.5 Å². The number of nitrogens with one attached hydrogen (secondary N) is 1. The van der Waals surface area contributed by atoms with Gasteiger partial charge in [-0.1, -0.05) is 18.2 Å². The third-order valence-electron chi connectivity index (χ3n) is 6.02. The maximum Gasteiger partial charge on any atom is 0.272 e. The lowest BCUT2D eigenvalue weighted by atomic mass is 10.1. The summed E-state index contributed by atoms with van der Waals surface area (Å²) in [4.78, 5) is 20.0. The molecule has 1 aliphatic rings. The second-order valence-corrected chi connectivity index (χ2v) is 8.46. The highest BCUT2D eigenvalue weighted by molar-refractivity contribution is 6.07. The molecule has 1 amide bonds. The topological polar surface area (TPSA) is 50.2 Å². The van der Waals surface area contributed by atoms with Gasteiger partial charge in [-0.15, -0.1) is 0 Å². The average Bonchev–Trinajstić information content (AvgIpc) is 3.07. The summed E-state index contributed by atoms with van der Waals surface area (Å²) in [5.41, 5.74) is 5.16. The second kappa shape index (κ2) is 8.11. The zero-order valence-corrected chi connectivity index (χ0v) is 18.2. The van der Waals surface area contributed by atoms with E-state index < -0.39 is 0 Å². The van der Waals surface area contributed by atoms with Crippen molar-refractivity contribution in [1.82, 2.24) is 9.55 Å². The quantitative estimate of drug-likeness (QED) is 0.469. The van der Waals surface area contributed by atoms with E-state index in [1.54, 1.807) is 12.3 Å². The van der Waals surface area contributed by atoms with Crippen LogP contribution in [0, 0.1) is 19.7 Å². The number of amides is 1. The highest BCUT2D eigenvalue weighted by atomic mass is 19.1. The van der Waals surface area contributed by atoms with Gasteiger partial charge in [-0.3, -0.25) is 4.79 Å². The van der Waals surface area contributed by atoms with Crippen molar-refractivity contribution in [3.8, 4) is 0 Å². The van der Waals surface area contributed by atoms with Gasteiger partial charge in [-0.25, -0.2) is 9.37 Å². The molecule has 0 unspecified atom stereocenters. The maximum absolute atomic E-state index is 13.8. The van der Waals surface area contributed by atoms with Crippen LogP contribution in [-0.2, 0) is 6.54 Å². The lowest BCUT2D eigenvalue weighted by Crippen LogP contribution is -2.37. The van der Waals surface area contributed by atoms with Gasteiger partial charge in [0, 0.05) is 30.5 Å². The smallest absolute Gasteiger partial charge is 0.272 e. The number of pyridine rings is 1. The van der Waals surface area contributed by atoms with Crippen molar-refractivity contribution in [3.05, 3.63) is 89.0 Å². The van der Waals surface area contributed by atoms with Crippen molar-refractivity contribution < 1.29 is 9.18 Å². The van der Waals surface area contributed by atoms with E-state index in [1.807, 2.05) is 42.7 Å². The Hall–Kier alpha value is -3.67. The molecule has 1 fully saturated rings. The zero-order valence-electron chi connectivity index (χ0n) is 18.2. The number of carbonyl (C=O) groups is 1. The molecule has 162 valence electrons. The first-order valence-corrected chi connectivity index (χ1v) is 10.9. The van der Waals surface area contributed by atoms with E-state index in [4.69, 9.17) is 0 Å². The monoisotopic (exact) mass is 428 g/mol. The summed E-state index contributed by atoms with van der Waals surface area (Å²) in [5, 5.41) is 4.00. The van der Waals surface area contributed by atoms with E-state index in [2.05, 4.69) is 27.3 Å². The molecular weight excluding hydrogens is 403 g/mol. The van der Waals surface area contributed by atoms with Crippen LogP contribution in [0.15, 0.2) is 60.8 Å². The maximum atomic E-state index is 13.8. The predicted molar refractivity (Wildman–Crippen MR) is 126 cm³/mol. The first-order valence-electron chi connectivity index (χ1n) is 10.9. The molecule has 6 heteroatoms. The summed E-state index contributed by atoms with van der Waals surface area (Å²) in [6, 6.07) is 16.4. The van der Waals surface area contributed by atoms with Crippen molar-refractivity contribution >= 4 is 28.3 Å². The van der Waals surface area contributed by atoms with Crippen LogP contribution in [0.25, 0.3) is 10.9 Å². The number of hydrogen-bond donors (Lipinski definition) is 1. The molecular formula is C26H25FN4O. The third-order valence-corrected chi connectivity index (χ3v) is 6.02. The molecule has 2 aromatic heterocycles. The Morgan fingerprint density at radius 1 is 1.09 bits per heavy atom. The fourth-order valence-corrected chi connectivity index (χ4v) is 4.28. The molecule has 5 nitrogen and oxygen atoms in total. The molecule has 32 heavy (non-hydrogen) atoms. The van der Waals surface area contributed by atoms with Gasteiger partial charge in [-0.05, 0) is 73.4 Å². The Morgan fingerprint density at radius 2 is 1.94 bits per heavy atom. The highest BCUT2D eigenvalue weighted by Crippen LogP contribution is 2.27. The fourth-order valence-electron chi connectivity index (χ4n) is 4.28. The minimum absolute atomic E-state index is 0.215. The van der Waals surface area contributed by atoms with Gasteiger partial charge in [0.1, 0.15) is 17.3 Å². The minimum Gasteiger partial charge on any atom is -0.356 e. The molecule has 4 aromatic rings. The van der Waals surface area contributed by atoms with Gasteiger partial charge >= 0.3 is 0 Å². The standard InChI is InChI=1S/C26H25FN4O/c1-17-11-18(2)22-14-24(31(23(22)12-17)16-19-5-3-6-20(27)13-19)26(32)29-21-7-8-25(28-15-21)30-9-4-10-30/h3,5-8,11-15H,4,9-10,16H2,1-2H3,(H,29,32). The van der Waals surface area contributed by atoms with E-state index in [0.29, 0.717) is 17.9 Å². The van der Waals surface area contributed by atoms with E-state index in [9.17, 15) is 9.18 Å². The van der Waals surface area contributed by atoms with Crippen LogP contribution in [0.5, 0.6) is 0 Å². The summed E-state index contributed by atoms with van der Waals surface area (Å²) in [6.45, 7) is 6.54. The lowest BCUT2D eigenvalue weighted by Gasteiger charge is -2.31. The Labute approximate surface area is 186 Å². The van der Waals surface area contributed by atoms with Gasteiger partial charge in [0.2, 0.25) is 0 Å². The number of carbonyl (C=O) groups excluding carboxylic acids is 1. The van der Waals surface area contributed by atoms with Crippen molar-refractivity contribution in [1.29, 1.82) is 0 Å². The predicted octanol–water partition coefficient (Wildman–Crippen LogP) is 5.30. The third kappa shape index (κ3) is 3.84. The molecule has 3 heterocycles. The number of aromatic nitrogens is 2. The van der Waals surface area contributed by atoms with E-state index >= 15 is 0 Å². The van der Waals surface area contributed by atoms with Gasteiger partial charge in [-0.2, -0.15) is 0 Å². The molecule has 0 saturated carbocycles. The van der Waals surface area contributed by atoms with E-state index in [-0.39, 0.29) is 11.7 Å². The lowest BCUT2D eigenvalue weighted by molar-refractivity contribution is 0.101. The molecule has 0 spiro atoms. The van der Waals surface area contributed by atoms with Crippen molar-refractivity contribution in [2.24, 2.45) is 0 Å². The number of hydrogen-bond acceptors (Lipinski definition) is 3. The Balaban J connectivity index is 1.50. The van der Waals surface area contributed by atoms with Crippen molar-refractivity contribution in [3.63, 3.8) is 0 Å². The molecule has 0 aliphatic carbocycles. The molecule has 0 bridgehead atoms. The number of rotatable bonds is 5. The molecule has 1 N–H and O–H groups in total. The minimum atomic E-state index is -0.286. The summed E-state index contributed by atoms with van der Waals surface area (Å²) < 4.78 is 15.8. The fraction of sp³-hybridized carbons (Fsp3) is 0.231. The number of halogens is 1. The normalized spacial score (nSPS) is 13.3. The van der Waals surface area contributed by atoms with Crippen LogP contribution in [0.2, 0.25) is 0 Å². The van der Waals surface area contributed by atoms with E-state index in [1.165, 1.54) is 18.6 Å². The van der Waals surface area contributed by atoms with Crippen LogP contribution in [-0.4, -0.2) is 28.5 Å². The first-order chi connectivity index (χ1) is 15.5. The number of anilines is 2.